The Kier molecular flexibility index (Phi) is 25.9. The fraction of sp³-hybridized carbons (Fsp3) is 0.698. The Balaban J connectivity index is 1.77. The average molecular weight is 1060 g/mol. The van der Waals surface area contributed by atoms with E-state index in [0.717, 1.165) is 5.56 Å². The number of amides is 8. The van der Waals surface area contributed by atoms with Crippen LogP contribution in [0.15, 0.2) is 35.8 Å². The van der Waals surface area contributed by atoms with Crippen LogP contribution < -0.4 is 38.1 Å². The number of urea groups is 1. The third-order valence-corrected chi connectivity index (χ3v) is 15.2. The van der Waals surface area contributed by atoms with Gasteiger partial charge in [0.15, 0.2) is 0 Å². The summed E-state index contributed by atoms with van der Waals surface area (Å²) in [5.41, 5.74) is 12.6. The first-order chi connectivity index (χ1) is 34.9. The van der Waals surface area contributed by atoms with Gasteiger partial charge in [0.05, 0.1) is 54.8 Å². The molecule has 1 saturated heterocycles. The molecule has 1 fully saturated rings. The Hall–Kier alpha value is -5.22. The molecule has 20 nitrogen and oxygen atoms in total. The van der Waals surface area contributed by atoms with Crippen LogP contribution in [-0.4, -0.2) is 158 Å². The van der Waals surface area contributed by atoms with Gasteiger partial charge in [-0.05, 0) is 87.6 Å². The van der Waals surface area contributed by atoms with Crippen molar-refractivity contribution in [2.24, 2.45) is 41.1 Å². The van der Waals surface area contributed by atoms with E-state index in [1.807, 2.05) is 91.9 Å². The normalized spacial score (nSPS) is 17.9. The number of nitrogens with one attached hydrogen (secondary N) is 5. The lowest BCUT2D eigenvalue weighted by molar-refractivity contribution is -0.148. The number of aromatic nitrogens is 1. The fourth-order valence-corrected chi connectivity index (χ4v) is 10.6. The van der Waals surface area contributed by atoms with Gasteiger partial charge >= 0.3 is 6.03 Å². The first-order valence-electron chi connectivity index (χ1n) is 26.2. The number of carbonyl (C=O) groups is 7. The molecule has 74 heavy (non-hydrogen) atoms. The van der Waals surface area contributed by atoms with E-state index in [0.29, 0.717) is 49.3 Å². The first kappa shape index (κ1) is 63.1. The lowest BCUT2D eigenvalue weighted by Crippen LogP contribution is -2.59. The summed E-state index contributed by atoms with van der Waals surface area (Å²) >= 11 is 1.41. The zero-order chi connectivity index (χ0) is 55.6. The monoisotopic (exact) mass is 1060 g/mol. The van der Waals surface area contributed by atoms with E-state index in [1.54, 1.807) is 56.3 Å². The fourth-order valence-electron chi connectivity index (χ4n) is 9.87. The molecule has 0 spiro atoms. The van der Waals surface area contributed by atoms with E-state index in [-0.39, 0.29) is 66.7 Å². The van der Waals surface area contributed by atoms with Gasteiger partial charge in [-0.15, -0.1) is 11.3 Å². The molecule has 0 aliphatic carbocycles. The van der Waals surface area contributed by atoms with E-state index < -0.39 is 78.3 Å². The Morgan fingerprint density at radius 2 is 1.51 bits per heavy atom. The Labute approximate surface area is 443 Å². The van der Waals surface area contributed by atoms with Gasteiger partial charge < -0.3 is 57.3 Å². The zero-order valence-corrected chi connectivity index (χ0v) is 47.3. The number of likely N-dealkylation sites (tertiary alicyclic amines) is 1. The largest absolute Gasteiger partial charge is 0.379 e. The third kappa shape index (κ3) is 18.0. The number of rotatable bonds is 30. The highest BCUT2D eigenvalue weighted by Gasteiger charge is 2.43. The number of ether oxygens (including phenoxy) is 2. The molecule has 1 aliphatic heterocycles. The number of primary amides is 1. The van der Waals surface area contributed by atoms with Crippen molar-refractivity contribution in [3.63, 3.8) is 0 Å². The predicted octanol–water partition coefficient (Wildman–Crippen LogP) is 4.05. The minimum absolute atomic E-state index is 0.0136. The lowest BCUT2D eigenvalue weighted by atomic mass is 9.89. The molecule has 0 bridgehead atoms. The number of likely N-dealkylation sites (N-methyl/N-ethyl adjacent to an activating group) is 2. The number of hydrogen-bond donors (Lipinski definition) is 7. The maximum Gasteiger partial charge on any atom is 0.312 e. The van der Waals surface area contributed by atoms with E-state index in [9.17, 15) is 33.6 Å². The second-order valence-corrected chi connectivity index (χ2v) is 22.0. The van der Waals surface area contributed by atoms with Gasteiger partial charge in [-0.3, -0.25) is 33.7 Å². The lowest BCUT2D eigenvalue weighted by Gasteiger charge is -2.41. The predicted molar refractivity (Wildman–Crippen MR) is 289 cm³/mol. The van der Waals surface area contributed by atoms with Gasteiger partial charge in [-0.1, -0.05) is 80.9 Å². The highest BCUT2D eigenvalue weighted by atomic mass is 32.1. The number of thiazole rings is 1. The van der Waals surface area contributed by atoms with Gasteiger partial charge in [0, 0.05) is 51.6 Å². The van der Waals surface area contributed by atoms with Crippen LogP contribution in [0.2, 0.25) is 0 Å². The molecule has 0 unspecified atom stereocenters. The molecule has 11 atom stereocenters. The highest BCUT2D eigenvalue weighted by Crippen LogP contribution is 2.31. The first-order valence-corrected chi connectivity index (χ1v) is 27.0. The maximum atomic E-state index is 14.5. The van der Waals surface area contributed by atoms with Crippen LogP contribution in [-0.2, 0) is 44.7 Å². The molecule has 1 aliphatic rings. The van der Waals surface area contributed by atoms with Gasteiger partial charge in [-0.25, -0.2) is 9.78 Å². The van der Waals surface area contributed by atoms with Crippen molar-refractivity contribution in [2.45, 2.75) is 162 Å². The second kappa shape index (κ2) is 30.4. The summed E-state index contributed by atoms with van der Waals surface area (Å²) in [6.45, 7) is 17.9. The van der Waals surface area contributed by atoms with Crippen LogP contribution in [0.1, 0.15) is 117 Å². The molecule has 8 amide bonds. The quantitative estimate of drug-likeness (QED) is 0.0547. The number of nitrogens with two attached hydrogens (primary N) is 2. The number of hydrogen-bond acceptors (Lipinski definition) is 13. The number of nitrogens with zero attached hydrogens (tertiary/aromatic N) is 4. The Morgan fingerprint density at radius 1 is 0.851 bits per heavy atom. The smallest absolute Gasteiger partial charge is 0.312 e. The average Bonchev–Trinajstić information content (AvgIpc) is 4.07. The van der Waals surface area contributed by atoms with Crippen LogP contribution in [0.25, 0.3) is 0 Å². The number of benzene rings is 1. The molecule has 416 valence electrons. The minimum atomic E-state index is -0.927. The zero-order valence-electron chi connectivity index (χ0n) is 46.4. The molecule has 2 aromatic rings. The van der Waals surface area contributed by atoms with Crippen molar-refractivity contribution in [3.8, 4) is 0 Å². The van der Waals surface area contributed by atoms with Crippen LogP contribution >= 0.6 is 11.3 Å². The molecule has 21 heteroatoms. The van der Waals surface area contributed by atoms with Gasteiger partial charge in [-0.2, -0.15) is 0 Å². The molecule has 1 aromatic carbocycles. The summed E-state index contributed by atoms with van der Waals surface area (Å²) in [6, 6.07) is 2.08. The van der Waals surface area contributed by atoms with Crippen LogP contribution in [0.4, 0.5) is 10.5 Å². The molecule has 0 saturated carbocycles. The Bertz CT molecular complexity index is 2100. The number of anilines is 1. The van der Waals surface area contributed by atoms with Gasteiger partial charge in [0.1, 0.15) is 17.1 Å². The molecule has 0 radical (unpaired) electrons. The van der Waals surface area contributed by atoms with E-state index >= 15 is 0 Å². The summed E-state index contributed by atoms with van der Waals surface area (Å²) in [6.07, 6.45) is 3.35. The summed E-state index contributed by atoms with van der Waals surface area (Å²) in [4.78, 5) is 104. The van der Waals surface area contributed by atoms with Crippen molar-refractivity contribution in [2.75, 3.05) is 53.8 Å². The van der Waals surface area contributed by atoms with Crippen LogP contribution in [0.3, 0.4) is 0 Å². The molecular weight excluding hydrogens is 967 g/mol. The van der Waals surface area contributed by atoms with E-state index in [4.69, 9.17) is 20.9 Å². The maximum absolute atomic E-state index is 14.5. The molecular formula is C53H89N11O9S. The molecule has 9 N–H and O–H groups in total. The molecule has 1 aromatic heterocycles. The van der Waals surface area contributed by atoms with Crippen molar-refractivity contribution >= 4 is 58.5 Å². The molecule has 3 rings (SSSR count). The van der Waals surface area contributed by atoms with Crippen molar-refractivity contribution in [1.29, 1.82) is 0 Å². The van der Waals surface area contributed by atoms with Crippen molar-refractivity contribution in [1.82, 2.24) is 41.0 Å². The van der Waals surface area contributed by atoms with Crippen LogP contribution in [0, 0.1) is 29.6 Å². The third-order valence-electron chi connectivity index (χ3n) is 14.3. The van der Waals surface area contributed by atoms with Crippen molar-refractivity contribution < 1.29 is 43.0 Å². The highest BCUT2D eigenvalue weighted by molar-refractivity contribution is 7.09. The topological polar surface area (TPSA) is 273 Å². The summed E-state index contributed by atoms with van der Waals surface area (Å²) in [7, 11) is 8.52. The van der Waals surface area contributed by atoms with Gasteiger partial charge in [0.25, 0.3) is 0 Å². The van der Waals surface area contributed by atoms with Crippen LogP contribution in [0.5, 0.6) is 0 Å². The van der Waals surface area contributed by atoms with Gasteiger partial charge in [0.2, 0.25) is 35.4 Å². The SMILES string of the molecule is CC[C@H](C)[C@@H]([C@@H](CC(=O)N1CCC[C@H]1[C@H](OC)[C@@H](C)C(=O)N[C@@H](Cc1ccc(NC(=O)[C@H](CCCNC(N)=O)NC(=O)[C@@H](N)C(C)C)cc1)c1nccs1)OC)N(C)C(=O)[C@@H](NC(=O)[C@H](C(C)C)N(C)C)C(C)C. The number of carbonyl (C=O) groups excluding carboxylic acids is 7. The van der Waals surface area contributed by atoms with Crippen molar-refractivity contribution in [3.05, 3.63) is 46.4 Å². The summed E-state index contributed by atoms with van der Waals surface area (Å²) in [5, 5.41) is 16.9. The summed E-state index contributed by atoms with van der Waals surface area (Å²) in [5.74, 6) is -2.93. The Morgan fingerprint density at radius 3 is 2.04 bits per heavy atom. The molecule has 2 heterocycles. The van der Waals surface area contributed by atoms with E-state index in [1.165, 1.54) is 11.3 Å². The second-order valence-electron chi connectivity index (χ2n) is 21.1. The minimum Gasteiger partial charge on any atom is -0.379 e. The summed E-state index contributed by atoms with van der Waals surface area (Å²) < 4.78 is 12.2. The number of methoxy groups -OCH3 is 2. The standard InChI is InChI=1S/C53H89N11O9S/c1-15-33(8)45(63(12)52(70)43(31(4)5)61-50(69)44(32(6)7)62(10)11)40(72-13)29-41(65)64-26-17-19-39(64)46(73-14)34(9)47(66)60-38(51-56-25-27-74-51)28-35-20-22-36(23-21-35)58-48(67)37(18-16-24-57-53(55)71)59-49(68)42(54)30(2)3/h20-23,25,27,30-34,37-40,42-46H,15-19,24,26,28-29,54H2,1-14H3,(H,58,67)(H,59,68)(H,60,66)(H,61,69)(H3,55,57,71)/t33-,34+,37-,38-,39-,40+,42-,43-,44-,45-,46+/m0/s1. The van der Waals surface area contributed by atoms with E-state index in [2.05, 4.69) is 31.6 Å².